The quantitative estimate of drug-likeness (QED) is 0.454. The minimum atomic E-state index is -4.65. The summed E-state index contributed by atoms with van der Waals surface area (Å²) in [5.74, 6) is -0.611. The highest BCUT2D eigenvalue weighted by Crippen LogP contribution is 2.35. The molecule has 1 amide bonds. The smallest absolute Gasteiger partial charge is 0.435 e. The van der Waals surface area contributed by atoms with E-state index in [1.165, 1.54) is 31.2 Å². The molecule has 6 nitrogen and oxygen atoms in total. The molecule has 160 valence electrons. The molecule has 3 aromatic rings. The summed E-state index contributed by atoms with van der Waals surface area (Å²) in [7, 11) is 0. The minimum absolute atomic E-state index is 0.00325. The number of carbonyl (C=O) groups is 1. The maximum atomic E-state index is 12.9. The maximum absolute atomic E-state index is 12.9. The molecule has 0 aliphatic heterocycles. The fourth-order valence-corrected chi connectivity index (χ4v) is 3.67. The Kier molecular flexibility index (Phi) is 6.41. The Bertz CT molecular complexity index is 1050. The predicted molar refractivity (Wildman–Crippen MR) is 102 cm³/mol. The lowest BCUT2D eigenvalue weighted by molar-refractivity contribution is -0.142. The number of halogens is 6. The molecule has 0 bridgehead atoms. The summed E-state index contributed by atoms with van der Waals surface area (Å²) in [6.07, 6.45) is -4.65. The van der Waals surface area contributed by atoms with Crippen LogP contribution in [0.5, 0.6) is 5.75 Å². The lowest BCUT2D eigenvalue weighted by atomic mass is 10.2. The molecule has 1 aromatic carbocycles. The van der Waals surface area contributed by atoms with Gasteiger partial charge in [-0.3, -0.25) is 9.48 Å². The summed E-state index contributed by atoms with van der Waals surface area (Å²) >= 11 is 3.95. The SMILES string of the molecule is Cc1c(Br)c(C(F)(F)F)nn1CC(=O)Nc1nc(-c2ccc(OC(F)F)cc2)cs1. The first-order valence-electron chi connectivity index (χ1n) is 8.15. The van der Waals surface area contributed by atoms with E-state index in [-0.39, 0.29) is 21.0 Å². The van der Waals surface area contributed by atoms with Gasteiger partial charge in [0.15, 0.2) is 10.8 Å². The second-order valence-electron chi connectivity index (χ2n) is 5.89. The normalized spacial score (nSPS) is 11.7. The summed E-state index contributed by atoms with van der Waals surface area (Å²) < 4.78 is 68.1. The van der Waals surface area contributed by atoms with Crippen LogP contribution in [-0.2, 0) is 17.5 Å². The Morgan fingerprint density at radius 3 is 2.53 bits per heavy atom. The van der Waals surface area contributed by atoms with Gasteiger partial charge in [-0.05, 0) is 47.1 Å². The molecular weight excluding hydrogens is 499 g/mol. The van der Waals surface area contributed by atoms with Crippen LogP contribution in [0.3, 0.4) is 0 Å². The second-order valence-corrected chi connectivity index (χ2v) is 7.54. The van der Waals surface area contributed by atoms with Gasteiger partial charge in [0, 0.05) is 10.9 Å². The number of rotatable bonds is 6. The fraction of sp³-hybridized carbons (Fsp3) is 0.235. The topological polar surface area (TPSA) is 69.0 Å². The molecule has 2 heterocycles. The monoisotopic (exact) mass is 510 g/mol. The Hall–Kier alpha value is -2.54. The van der Waals surface area contributed by atoms with Gasteiger partial charge in [0.25, 0.3) is 0 Å². The summed E-state index contributed by atoms with van der Waals surface area (Å²) in [5.41, 5.74) is 0.137. The predicted octanol–water partition coefficient (Wildman–Crippen LogP) is 5.34. The molecule has 13 heteroatoms. The second kappa shape index (κ2) is 8.68. The lowest BCUT2D eigenvalue weighted by Gasteiger charge is -2.05. The van der Waals surface area contributed by atoms with Crippen molar-refractivity contribution in [1.29, 1.82) is 0 Å². The third kappa shape index (κ3) is 5.14. The van der Waals surface area contributed by atoms with Crippen LogP contribution in [0.1, 0.15) is 11.4 Å². The zero-order chi connectivity index (χ0) is 22.1. The average Bonchev–Trinajstić information content (AvgIpc) is 3.21. The highest BCUT2D eigenvalue weighted by molar-refractivity contribution is 9.10. The summed E-state index contributed by atoms with van der Waals surface area (Å²) in [6, 6.07) is 5.77. The average molecular weight is 511 g/mol. The van der Waals surface area contributed by atoms with Gasteiger partial charge < -0.3 is 10.1 Å². The van der Waals surface area contributed by atoms with E-state index in [0.717, 1.165) is 16.0 Å². The molecule has 0 fully saturated rings. The van der Waals surface area contributed by atoms with Gasteiger partial charge in [0.05, 0.1) is 15.9 Å². The number of aromatic nitrogens is 3. The number of benzene rings is 1. The molecule has 0 aliphatic rings. The van der Waals surface area contributed by atoms with Gasteiger partial charge in [-0.15, -0.1) is 11.3 Å². The van der Waals surface area contributed by atoms with Crippen LogP contribution in [0.15, 0.2) is 34.1 Å². The molecule has 0 unspecified atom stereocenters. The van der Waals surface area contributed by atoms with Gasteiger partial charge >= 0.3 is 12.8 Å². The standard InChI is InChI=1S/C17H12BrF5N4O2S/c1-8-13(18)14(17(21,22)23)26-27(8)6-12(28)25-16-24-11(7-30-16)9-2-4-10(5-3-9)29-15(19)20/h2-5,7,15H,6H2,1H3,(H,24,25,28). The molecule has 0 saturated heterocycles. The summed E-state index contributed by atoms with van der Waals surface area (Å²) in [6.45, 7) is -1.96. The number of anilines is 1. The maximum Gasteiger partial charge on any atom is 0.436 e. The molecule has 0 spiro atoms. The van der Waals surface area contributed by atoms with Gasteiger partial charge in [-0.1, -0.05) is 0 Å². The van der Waals surface area contributed by atoms with Crippen molar-refractivity contribution in [3.8, 4) is 17.0 Å². The molecule has 0 saturated carbocycles. The van der Waals surface area contributed by atoms with Crippen molar-refractivity contribution in [2.45, 2.75) is 26.3 Å². The van der Waals surface area contributed by atoms with Gasteiger partial charge in [0.1, 0.15) is 12.3 Å². The van der Waals surface area contributed by atoms with Gasteiger partial charge in [0.2, 0.25) is 5.91 Å². The van der Waals surface area contributed by atoms with E-state index in [0.29, 0.717) is 11.3 Å². The van der Waals surface area contributed by atoms with Crippen LogP contribution < -0.4 is 10.1 Å². The van der Waals surface area contributed by atoms with E-state index in [1.807, 2.05) is 0 Å². The summed E-state index contributed by atoms with van der Waals surface area (Å²) in [4.78, 5) is 16.4. The van der Waals surface area contributed by atoms with E-state index in [9.17, 15) is 26.7 Å². The number of thiazole rings is 1. The molecule has 3 rings (SSSR count). The molecule has 1 N–H and O–H groups in total. The van der Waals surface area contributed by atoms with Crippen molar-refractivity contribution in [3.63, 3.8) is 0 Å². The largest absolute Gasteiger partial charge is 0.436 e. The van der Waals surface area contributed by atoms with E-state index < -0.39 is 30.9 Å². The van der Waals surface area contributed by atoms with Crippen LogP contribution in [0.2, 0.25) is 0 Å². The first-order valence-corrected chi connectivity index (χ1v) is 9.82. The minimum Gasteiger partial charge on any atom is -0.435 e. The number of carbonyl (C=O) groups excluding carboxylic acids is 1. The lowest BCUT2D eigenvalue weighted by Crippen LogP contribution is -2.20. The molecule has 0 atom stereocenters. The molecule has 30 heavy (non-hydrogen) atoms. The van der Waals surface area contributed by atoms with Crippen LogP contribution in [0.25, 0.3) is 11.3 Å². The third-order valence-electron chi connectivity index (χ3n) is 3.82. The Balaban J connectivity index is 1.67. The number of hydrogen-bond donors (Lipinski definition) is 1. The number of amides is 1. The molecule has 0 aliphatic carbocycles. The van der Waals surface area contributed by atoms with Crippen molar-refractivity contribution in [2.75, 3.05) is 5.32 Å². The van der Waals surface area contributed by atoms with E-state index >= 15 is 0 Å². The van der Waals surface area contributed by atoms with Crippen molar-refractivity contribution in [2.24, 2.45) is 0 Å². The number of hydrogen-bond acceptors (Lipinski definition) is 5. The van der Waals surface area contributed by atoms with Crippen molar-refractivity contribution < 1.29 is 31.5 Å². The molecule has 2 aromatic heterocycles. The van der Waals surface area contributed by atoms with Gasteiger partial charge in [-0.25, -0.2) is 4.98 Å². The number of alkyl halides is 5. The van der Waals surface area contributed by atoms with Crippen LogP contribution in [0.4, 0.5) is 27.1 Å². The van der Waals surface area contributed by atoms with Crippen molar-refractivity contribution >= 4 is 38.3 Å². The Morgan fingerprint density at radius 2 is 1.97 bits per heavy atom. The number of ether oxygens (including phenoxy) is 1. The van der Waals surface area contributed by atoms with Crippen LogP contribution in [0, 0.1) is 6.92 Å². The van der Waals surface area contributed by atoms with E-state index in [4.69, 9.17) is 0 Å². The molecule has 0 radical (unpaired) electrons. The molecular formula is C17H12BrF5N4O2S. The summed E-state index contributed by atoms with van der Waals surface area (Å²) in [5, 5.41) is 7.81. The first-order chi connectivity index (χ1) is 14.0. The third-order valence-corrected chi connectivity index (χ3v) is 5.53. The van der Waals surface area contributed by atoms with Crippen LogP contribution >= 0.6 is 27.3 Å². The highest BCUT2D eigenvalue weighted by atomic mass is 79.9. The van der Waals surface area contributed by atoms with E-state index in [2.05, 4.69) is 36.1 Å². The van der Waals surface area contributed by atoms with Gasteiger partial charge in [-0.2, -0.15) is 27.1 Å². The Labute approximate surface area is 178 Å². The number of nitrogens with one attached hydrogen (secondary N) is 1. The zero-order valence-electron chi connectivity index (χ0n) is 15.0. The van der Waals surface area contributed by atoms with Crippen molar-refractivity contribution in [3.05, 3.63) is 45.5 Å². The van der Waals surface area contributed by atoms with Crippen LogP contribution in [-0.4, -0.2) is 27.3 Å². The zero-order valence-corrected chi connectivity index (χ0v) is 17.4. The highest BCUT2D eigenvalue weighted by Gasteiger charge is 2.38. The fourth-order valence-electron chi connectivity index (χ4n) is 2.43. The number of nitrogens with zero attached hydrogens (tertiary/aromatic N) is 3. The Morgan fingerprint density at radius 1 is 1.30 bits per heavy atom. The van der Waals surface area contributed by atoms with E-state index in [1.54, 1.807) is 5.38 Å². The van der Waals surface area contributed by atoms with Crippen molar-refractivity contribution in [1.82, 2.24) is 14.8 Å². The first kappa shape index (κ1) is 22.2.